The Bertz CT molecular complexity index is 496. The fourth-order valence-corrected chi connectivity index (χ4v) is 3.08. The van der Waals surface area contributed by atoms with Crippen molar-refractivity contribution in [1.82, 2.24) is 15.6 Å². The molecule has 0 amide bonds. The molecule has 2 N–H and O–H groups in total. The molecule has 1 aromatic carbocycles. The minimum atomic E-state index is 0.354. The van der Waals surface area contributed by atoms with Gasteiger partial charge < -0.3 is 10.6 Å². The summed E-state index contributed by atoms with van der Waals surface area (Å²) in [5.74, 6) is 0. The number of likely N-dealkylation sites (N-methyl/N-ethyl adjacent to an activating group) is 1. The highest BCUT2D eigenvalue weighted by molar-refractivity contribution is 7.09. The lowest BCUT2D eigenvalue weighted by atomic mass is 10.0. The molecule has 3 nitrogen and oxygen atoms in total. The van der Waals surface area contributed by atoms with E-state index in [9.17, 15) is 0 Å². The Morgan fingerprint density at radius 2 is 2.05 bits per heavy atom. The fourth-order valence-electron chi connectivity index (χ4n) is 2.28. The predicted molar refractivity (Wildman–Crippen MR) is 86.1 cm³/mol. The molecule has 1 heterocycles. The molecule has 4 heteroatoms. The van der Waals surface area contributed by atoms with Gasteiger partial charge in [0.1, 0.15) is 5.01 Å². The first-order valence-electron chi connectivity index (χ1n) is 7.19. The molecule has 0 fully saturated rings. The van der Waals surface area contributed by atoms with Crippen LogP contribution < -0.4 is 10.6 Å². The second kappa shape index (κ2) is 8.15. The van der Waals surface area contributed by atoms with Crippen LogP contribution in [0.5, 0.6) is 0 Å². The molecule has 1 aromatic heterocycles. The van der Waals surface area contributed by atoms with Gasteiger partial charge in [-0.3, -0.25) is 0 Å². The van der Waals surface area contributed by atoms with E-state index >= 15 is 0 Å². The summed E-state index contributed by atoms with van der Waals surface area (Å²) in [6, 6.07) is 9.02. The van der Waals surface area contributed by atoms with Crippen LogP contribution in [-0.4, -0.2) is 18.6 Å². The summed E-state index contributed by atoms with van der Waals surface area (Å²) in [5, 5.41) is 10.1. The highest BCUT2D eigenvalue weighted by Gasteiger charge is 2.11. The van der Waals surface area contributed by atoms with Gasteiger partial charge in [0.2, 0.25) is 0 Å². The van der Waals surface area contributed by atoms with Crippen molar-refractivity contribution in [1.29, 1.82) is 0 Å². The maximum Gasteiger partial charge on any atom is 0.109 e. The Morgan fingerprint density at radius 1 is 1.25 bits per heavy atom. The van der Waals surface area contributed by atoms with Crippen LogP contribution in [0.15, 0.2) is 35.8 Å². The Hall–Kier alpha value is -1.23. The van der Waals surface area contributed by atoms with Gasteiger partial charge in [0.15, 0.2) is 0 Å². The maximum atomic E-state index is 4.42. The van der Waals surface area contributed by atoms with E-state index in [0.29, 0.717) is 6.04 Å². The standard InChI is InChI=1S/C16H23N3S/c1-3-15(16-18-10-11-20-16)19-12-14-7-5-4-6-13(14)8-9-17-2/h4-7,10-11,15,17,19H,3,8-9,12H2,1-2H3. The van der Waals surface area contributed by atoms with Crippen molar-refractivity contribution in [2.75, 3.05) is 13.6 Å². The highest BCUT2D eigenvalue weighted by Crippen LogP contribution is 2.20. The summed E-state index contributed by atoms with van der Waals surface area (Å²) in [6.45, 7) is 4.12. The Balaban J connectivity index is 1.99. The molecule has 0 saturated carbocycles. The summed E-state index contributed by atoms with van der Waals surface area (Å²) in [7, 11) is 2.00. The summed E-state index contributed by atoms with van der Waals surface area (Å²) >= 11 is 1.73. The molecule has 108 valence electrons. The average Bonchev–Trinajstić information content (AvgIpc) is 3.01. The Morgan fingerprint density at radius 3 is 2.70 bits per heavy atom. The highest BCUT2D eigenvalue weighted by atomic mass is 32.1. The van der Waals surface area contributed by atoms with Crippen LogP contribution >= 0.6 is 11.3 Å². The smallest absolute Gasteiger partial charge is 0.109 e. The number of nitrogens with one attached hydrogen (secondary N) is 2. The molecule has 0 saturated heterocycles. The molecular weight excluding hydrogens is 266 g/mol. The number of rotatable bonds is 8. The summed E-state index contributed by atoms with van der Waals surface area (Å²) < 4.78 is 0. The van der Waals surface area contributed by atoms with Crippen molar-refractivity contribution in [3.63, 3.8) is 0 Å². The lowest BCUT2D eigenvalue weighted by Gasteiger charge is -2.16. The molecule has 2 aromatic rings. The van der Waals surface area contributed by atoms with Crippen LogP contribution in [0.1, 0.15) is 35.5 Å². The van der Waals surface area contributed by atoms with Crippen molar-refractivity contribution in [3.05, 3.63) is 52.0 Å². The van der Waals surface area contributed by atoms with Gasteiger partial charge in [-0.05, 0) is 37.6 Å². The summed E-state index contributed by atoms with van der Waals surface area (Å²) in [4.78, 5) is 4.42. The molecule has 0 bridgehead atoms. The molecule has 1 unspecified atom stereocenters. The molecule has 2 rings (SSSR count). The molecule has 20 heavy (non-hydrogen) atoms. The molecule has 0 radical (unpaired) electrons. The minimum absolute atomic E-state index is 0.354. The SMILES string of the molecule is CCC(NCc1ccccc1CCNC)c1nccs1. The van der Waals surface area contributed by atoms with E-state index in [2.05, 4.69) is 46.8 Å². The summed E-state index contributed by atoms with van der Waals surface area (Å²) in [5.41, 5.74) is 2.81. The van der Waals surface area contributed by atoms with Gasteiger partial charge in [0, 0.05) is 18.1 Å². The van der Waals surface area contributed by atoms with Gasteiger partial charge in [0.25, 0.3) is 0 Å². The zero-order chi connectivity index (χ0) is 14.2. The van der Waals surface area contributed by atoms with Crippen molar-refractivity contribution >= 4 is 11.3 Å². The van der Waals surface area contributed by atoms with Crippen molar-refractivity contribution in [3.8, 4) is 0 Å². The zero-order valence-corrected chi connectivity index (χ0v) is 13.0. The maximum absolute atomic E-state index is 4.42. The van der Waals surface area contributed by atoms with Gasteiger partial charge >= 0.3 is 0 Å². The van der Waals surface area contributed by atoms with Crippen LogP contribution in [-0.2, 0) is 13.0 Å². The number of nitrogens with zero attached hydrogens (tertiary/aromatic N) is 1. The molecule has 0 aliphatic carbocycles. The first-order valence-corrected chi connectivity index (χ1v) is 8.07. The lowest BCUT2D eigenvalue weighted by Crippen LogP contribution is -2.21. The summed E-state index contributed by atoms with van der Waals surface area (Å²) in [6.07, 6.45) is 4.01. The van der Waals surface area contributed by atoms with Gasteiger partial charge in [-0.15, -0.1) is 11.3 Å². The number of hydrogen-bond acceptors (Lipinski definition) is 4. The number of thiazole rings is 1. The van der Waals surface area contributed by atoms with Gasteiger partial charge in [-0.2, -0.15) is 0 Å². The van der Waals surface area contributed by atoms with Gasteiger partial charge in [-0.25, -0.2) is 4.98 Å². The average molecular weight is 289 g/mol. The first-order chi connectivity index (χ1) is 9.85. The monoisotopic (exact) mass is 289 g/mol. The van der Waals surface area contributed by atoms with Gasteiger partial charge in [-0.1, -0.05) is 31.2 Å². The van der Waals surface area contributed by atoms with Crippen LogP contribution in [0, 0.1) is 0 Å². The molecule has 1 atom stereocenters. The van der Waals surface area contributed by atoms with Crippen LogP contribution in [0.25, 0.3) is 0 Å². The van der Waals surface area contributed by atoms with E-state index in [1.807, 2.05) is 18.6 Å². The molecule has 0 aliphatic rings. The van der Waals surface area contributed by atoms with Crippen LogP contribution in [0.2, 0.25) is 0 Å². The third-order valence-corrected chi connectivity index (χ3v) is 4.35. The third kappa shape index (κ3) is 4.13. The second-order valence-electron chi connectivity index (χ2n) is 4.83. The molecule has 0 aliphatic heterocycles. The third-order valence-electron chi connectivity index (χ3n) is 3.46. The predicted octanol–water partition coefficient (Wildman–Crippen LogP) is 3.15. The fraction of sp³-hybridized carbons (Fsp3) is 0.438. The number of hydrogen-bond donors (Lipinski definition) is 2. The van der Waals surface area contributed by atoms with E-state index in [1.54, 1.807) is 11.3 Å². The Labute approximate surface area is 125 Å². The van der Waals surface area contributed by atoms with E-state index < -0.39 is 0 Å². The van der Waals surface area contributed by atoms with Crippen molar-refractivity contribution in [2.45, 2.75) is 32.4 Å². The Kier molecular flexibility index (Phi) is 6.18. The molecule has 0 spiro atoms. The van der Waals surface area contributed by atoms with E-state index in [-0.39, 0.29) is 0 Å². The zero-order valence-electron chi connectivity index (χ0n) is 12.2. The normalized spacial score (nSPS) is 12.5. The van der Waals surface area contributed by atoms with Crippen LogP contribution in [0.3, 0.4) is 0 Å². The largest absolute Gasteiger partial charge is 0.319 e. The quantitative estimate of drug-likeness (QED) is 0.784. The van der Waals surface area contributed by atoms with Crippen molar-refractivity contribution in [2.24, 2.45) is 0 Å². The topological polar surface area (TPSA) is 37.0 Å². The van der Waals surface area contributed by atoms with E-state index in [4.69, 9.17) is 0 Å². The van der Waals surface area contributed by atoms with Crippen LogP contribution in [0.4, 0.5) is 0 Å². The van der Waals surface area contributed by atoms with Crippen molar-refractivity contribution < 1.29 is 0 Å². The lowest BCUT2D eigenvalue weighted by molar-refractivity contribution is 0.515. The van der Waals surface area contributed by atoms with E-state index in [1.165, 1.54) is 16.1 Å². The first kappa shape index (κ1) is 15.2. The number of benzene rings is 1. The minimum Gasteiger partial charge on any atom is -0.319 e. The number of aromatic nitrogens is 1. The van der Waals surface area contributed by atoms with Gasteiger partial charge in [0.05, 0.1) is 6.04 Å². The van der Waals surface area contributed by atoms with E-state index in [0.717, 1.165) is 25.9 Å². The second-order valence-corrected chi connectivity index (χ2v) is 5.76. The molecular formula is C16H23N3S.